The van der Waals surface area contributed by atoms with Crippen LogP contribution in [0.2, 0.25) is 0 Å². The predicted molar refractivity (Wildman–Crippen MR) is 130 cm³/mol. The van der Waals surface area contributed by atoms with E-state index in [4.69, 9.17) is 4.74 Å². The molecule has 0 bridgehead atoms. The summed E-state index contributed by atoms with van der Waals surface area (Å²) in [6.07, 6.45) is 0. The summed E-state index contributed by atoms with van der Waals surface area (Å²) >= 11 is 0. The summed E-state index contributed by atoms with van der Waals surface area (Å²) in [4.78, 5) is 15.8. The average Bonchev–Trinajstić information content (AvgIpc) is 2.81. The van der Waals surface area contributed by atoms with Gasteiger partial charge in [0.2, 0.25) is 10.0 Å². The maximum atomic E-state index is 13.6. The summed E-state index contributed by atoms with van der Waals surface area (Å²) in [6.45, 7) is 4.08. The molecule has 0 spiro atoms. The maximum Gasteiger partial charge on any atom is 0.252 e. The van der Waals surface area contributed by atoms with Crippen molar-refractivity contribution in [3.63, 3.8) is 0 Å². The number of nitrogens with zero attached hydrogens (tertiary/aromatic N) is 1. The van der Waals surface area contributed by atoms with E-state index < -0.39 is 15.8 Å². The molecule has 0 atom stereocenters. The molecule has 4 rings (SSSR count). The van der Waals surface area contributed by atoms with Gasteiger partial charge in [-0.2, -0.15) is 4.31 Å². The first-order valence-corrected chi connectivity index (χ1v) is 12.3. The summed E-state index contributed by atoms with van der Waals surface area (Å²) in [7, 11) is -3.95. The van der Waals surface area contributed by atoms with Crippen molar-refractivity contribution in [1.29, 1.82) is 0 Å². The van der Waals surface area contributed by atoms with Crippen LogP contribution in [0.3, 0.4) is 0 Å². The fourth-order valence-electron chi connectivity index (χ4n) is 3.67. The third-order valence-corrected chi connectivity index (χ3v) is 7.29. The molecular weight excluding hydrogens is 455 g/mol. The summed E-state index contributed by atoms with van der Waals surface area (Å²) in [6, 6.07) is 19.2. The van der Waals surface area contributed by atoms with Crippen LogP contribution in [0.4, 0.5) is 4.39 Å². The number of aromatic nitrogens is 1. The molecule has 0 saturated heterocycles. The monoisotopic (exact) mass is 480 g/mol. The zero-order valence-corrected chi connectivity index (χ0v) is 19.7. The minimum absolute atomic E-state index is 0.0209. The van der Waals surface area contributed by atoms with Crippen LogP contribution in [-0.4, -0.2) is 24.3 Å². The van der Waals surface area contributed by atoms with E-state index in [1.54, 1.807) is 48.5 Å². The zero-order chi connectivity index (χ0) is 24.3. The summed E-state index contributed by atoms with van der Waals surface area (Å²) in [5.41, 5.74) is 2.08. The second-order valence-electron chi connectivity index (χ2n) is 8.02. The molecule has 0 aliphatic carbocycles. The third kappa shape index (κ3) is 5.18. The van der Waals surface area contributed by atoms with Gasteiger partial charge in [0.05, 0.1) is 11.5 Å². The van der Waals surface area contributed by atoms with Crippen molar-refractivity contribution in [2.45, 2.75) is 31.8 Å². The smallest absolute Gasteiger partial charge is 0.252 e. The lowest BCUT2D eigenvalue weighted by atomic mass is 10.1. The van der Waals surface area contributed by atoms with Crippen molar-refractivity contribution in [3.05, 3.63) is 106 Å². The van der Waals surface area contributed by atoms with Crippen molar-refractivity contribution in [3.8, 4) is 5.75 Å². The number of pyridine rings is 1. The topological polar surface area (TPSA) is 79.5 Å². The highest BCUT2D eigenvalue weighted by Gasteiger charge is 2.26. The first-order valence-electron chi connectivity index (χ1n) is 10.9. The molecule has 3 aromatic carbocycles. The molecule has 0 radical (unpaired) electrons. The van der Waals surface area contributed by atoms with Gasteiger partial charge in [0.15, 0.2) is 0 Å². The molecule has 0 amide bonds. The fourth-order valence-corrected chi connectivity index (χ4v) is 5.08. The number of nitrogens with one attached hydrogen (secondary N) is 1. The van der Waals surface area contributed by atoms with Crippen LogP contribution in [0.25, 0.3) is 10.9 Å². The van der Waals surface area contributed by atoms with Crippen molar-refractivity contribution in [2.24, 2.45) is 0 Å². The molecule has 6 nitrogen and oxygen atoms in total. The molecule has 34 heavy (non-hydrogen) atoms. The number of hydrogen-bond acceptors (Lipinski definition) is 4. The highest BCUT2D eigenvalue weighted by atomic mass is 32.2. The number of aromatic amines is 1. The van der Waals surface area contributed by atoms with Gasteiger partial charge in [-0.05, 0) is 67.9 Å². The molecule has 0 aliphatic rings. The molecule has 0 aliphatic heterocycles. The minimum atomic E-state index is -3.95. The summed E-state index contributed by atoms with van der Waals surface area (Å²) in [5, 5.41) is 0.731. The molecule has 176 valence electrons. The quantitative estimate of drug-likeness (QED) is 0.394. The van der Waals surface area contributed by atoms with Gasteiger partial charge in [-0.15, -0.1) is 0 Å². The number of sulfonamides is 1. The maximum absolute atomic E-state index is 13.6. The first-order chi connectivity index (χ1) is 16.3. The van der Waals surface area contributed by atoms with Gasteiger partial charge in [-0.3, -0.25) is 4.79 Å². The number of fused-ring (bicyclic) bond motifs is 1. The highest BCUT2D eigenvalue weighted by Crippen LogP contribution is 2.23. The van der Waals surface area contributed by atoms with Gasteiger partial charge in [0.25, 0.3) is 5.56 Å². The van der Waals surface area contributed by atoms with Gasteiger partial charge in [-0.25, -0.2) is 12.8 Å². The number of aryl methyl sites for hydroxylation is 1. The van der Waals surface area contributed by atoms with Crippen LogP contribution >= 0.6 is 0 Å². The lowest BCUT2D eigenvalue weighted by Gasteiger charge is -2.22. The summed E-state index contributed by atoms with van der Waals surface area (Å²) in [5.74, 6) is 0.246. The largest absolute Gasteiger partial charge is 0.494 e. The van der Waals surface area contributed by atoms with Gasteiger partial charge in [0.1, 0.15) is 11.6 Å². The number of ether oxygens (including phenoxy) is 1. The zero-order valence-electron chi connectivity index (χ0n) is 18.9. The average molecular weight is 481 g/mol. The van der Waals surface area contributed by atoms with E-state index in [0.717, 1.165) is 10.9 Å². The molecule has 1 N–H and O–H groups in total. The van der Waals surface area contributed by atoms with E-state index in [9.17, 15) is 17.6 Å². The third-order valence-electron chi connectivity index (χ3n) is 5.48. The van der Waals surface area contributed by atoms with Gasteiger partial charge >= 0.3 is 0 Å². The van der Waals surface area contributed by atoms with Crippen LogP contribution in [0, 0.1) is 12.7 Å². The van der Waals surface area contributed by atoms with Gasteiger partial charge in [0, 0.05) is 29.6 Å². The number of hydrogen-bond donors (Lipinski definition) is 1. The minimum Gasteiger partial charge on any atom is -0.494 e. The standard InChI is InChI=1S/C26H25FN2O4S/c1-3-33-23-10-13-25-20(15-23)14-21(26(30)28-25)17-29(16-19-6-8-22(27)9-7-19)34(31,32)24-11-4-18(2)5-12-24/h4-15H,3,16-17H2,1-2H3,(H,28,30). The number of H-pyrrole nitrogens is 1. The van der Waals surface area contributed by atoms with Crippen LogP contribution in [-0.2, 0) is 23.1 Å². The Kier molecular flexibility index (Phi) is 6.81. The van der Waals surface area contributed by atoms with E-state index in [2.05, 4.69) is 4.98 Å². The molecule has 4 aromatic rings. The van der Waals surface area contributed by atoms with Crippen LogP contribution in [0.1, 0.15) is 23.6 Å². The van der Waals surface area contributed by atoms with E-state index in [1.165, 1.54) is 28.6 Å². The van der Waals surface area contributed by atoms with Crippen molar-refractivity contribution in [2.75, 3.05) is 6.61 Å². The molecule has 1 heterocycles. The Balaban J connectivity index is 1.76. The Morgan fingerprint density at radius 1 is 0.941 bits per heavy atom. The van der Waals surface area contributed by atoms with Crippen molar-refractivity contribution in [1.82, 2.24) is 9.29 Å². The predicted octanol–water partition coefficient (Wildman–Crippen LogP) is 4.77. The molecule has 0 unspecified atom stereocenters. The summed E-state index contributed by atoms with van der Waals surface area (Å²) < 4.78 is 47.3. The SMILES string of the molecule is CCOc1ccc2[nH]c(=O)c(CN(Cc3ccc(F)cc3)S(=O)(=O)c3ccc(C)cc3)cc2c1. The Labute approximate surface area is 197 Å². The van der Waals surface area contributed by atoms with E-state index in [1.807, 2.05) is 13.8 Å². The Hall–Kier alpha value is -3.49. The Morgan fingerprint density at radius 3 is 2.32 bits per heavy atom. The number of rotatable bonds is 8. The number of halogens is 1. The molecule has 0 saturated carbocycles. The van der Waals surface area contributed by atoms with Gasteiger partial charge < -0.3 is 9.72 Å². The molecule has 1 aromatic heterocycles. The second kappa shape index (κ2) is 9.79. The van der Waals surface area contributed by atoms with E-state index in [0.29, 0.717) is 29.0 Å². The molecular formula is C26H25FN2O4S. The fraction of sp³-hybridized carbons (Fsp3) is 0.192. The van der Waals surface area contributed by atoms with Gasteiger partial charge in [-0.1, -0.05) is 29.8 Å². The van der Waals surface area contributed by atoms with Crippen LogP contribution in [0.5, 0.6) is 5.75 Å². The van der Waals surface area contributed by atoms with E-state index >= 15 is 0 Å². The lowest BCUT2D eigenvalue weighted by molar-refractivity contribution is 0.340. The Morgan fingerprint density at radius 2 is 1.65 bits per heavy atom. The van der Waals surface area contributed by atoms with Crippen molar-refractivity contribution >= 4 is 20.9 Å². The van der Waals surface area contributed by atoms with Crippen LogP contribution < -0.4 is 10.3 Å². The first kappa shape index (κ1) is 23.7. The number of benzene rings is 3. The second-order valence-corrected chi connectivity index (χ2v) is 9.96. The molecule has 8 heteroatoms. The van der Waals surface area contributed by atoms with Crippen molar-refractivity contribution < 1.29 is 17.5 Å². The lowest BCUT2D eigenvalue weighted by Crippen LogP contribution is -2.32. The Bertz CT molecular complexity index is 1460. The molecule has 0 fully saturated rings. The highest BCUT2D eigenvalue weighted by molar-refractivity contribution is 7.89. The normalized spacial score (nSPS) is 11.8. The van der Waals surface area contributed by atoms with Crippen LogP contribution in [0.15, 0.2) is 82.5 Å². The van der Waals surface area contributed by atoms with E-state index in [-0.39, 0.29) is 23.5 Å².